The quantitative estimate of drug-likeness (QED) is 0.230. The third kappa shape index (κ3) is 4.97. The summed E-state index contributed by atoms with van der Waals surface area (Å²) in [5.74, 6) is -3.95. The van der Waals surface area contributed by atoms with Gasteiger partial charge in [-0.05, 0) is 51.0 Å². The Morgan fingerprint density at radius 3 is 2.31 bits per heavy atom. The van der Waals surface area contributed by atoms with Crippen LogP contribution in [-0.2, 0) is 43.1 Å². The fraction of sp³-hybridized carbons (Fsp3) is 0.565. The van der Waals surface area contributed by atoms with Gasteiger partial charge < -0.3 is 28.8 Å². The van der Waals surface area contributed by atoms with Crippen LogP contribution in [0.15, 0.2) is 34.9 Å². The molecule has 10 nitrogen and oxygen atoms in total. The predicted molar refractivity (Wildman–Crippen MR) is 115 cm³/mol. The Kier molecular flexibility index (Phi) is 7.97. The van der Waals surface area contributed by atoms with Crippen LogP contribution in [0.5, 0.6) is 0 Å². The molecule has 12 heteroatoms. The number of carbonyl (C=O) groups excluding carboxylic acids is 2. The van der Waals surface area contributed by atoms with Crippen LogP contribution in [0.2, 0.25) is 0 Å². The first kappa shape index (κ1) is 28.3. The van der Waals surface area contributed by atoms with E-state index in [1.807, 2.05) is 27.7 Å². The molecule has 0 N–H and O–H groups in total. The van der Waals surface area contributed by atoms with Crippen molar-refractivity contribution in [3.63, 3.8) is 0 Å². The Labute approximate surface area is 226 Å². The van der Waals surface area contributed by atoms with Gasteiger partial charge >= 0.3 is 41.5 Å². The molecule has 1 aromatic carbocycles. The monoisotopic (exact) mass is 518 g/mol. The molecule has 2 saturated heterocycles. The summed E-state index contributed by atoms with van der Waals surface area (Å²) in [6.45, 7) is 7.17. The summed E-state index contributed by atoms with van der Waals surface area (Å²) in [6, 6.07) is 6.31. The Morgan fingerprint density at radius 1 is 1.20 bits per heavy atom. The van der Waals surface area contributed by atoms with E-state index >= 15 is 0 Å². The first-order chi connectivity index (χ1) is 15.8. The number of esters is 1. The number of benzene rings is 1. The Morgan fingerprint density at radius 2 is 1.83 bits per heavy atom. The average Bonchev–Trinajstić information content (AvgIpc) is 3.37. The number of ketones is 1. The Balaban J connectivity index is 0.00000342. The van der Waals surface area contributed by atoms with Crippen molar-refractivity contribution < 1.29 is 76.4 Å². The van der Waals surface area contributed by atoms with Crippen LogP contribution in [0, 0.1) is 0 Å². The molecule has 3 heterocycles. The van der Waals surface area contributed by atoms with Gasteiger partial charge in [-0.3, -0.25) is 4.79 Å². The second kappa shape index (κ2) is 9.86. The molecule has 0 aromatic heterocycles. The molecule has 0 saturated carbocycles. The van der Waals surface area contributed by atoms with Gasteiger partial charge in [-0.2, -0.15) is 0 Å². The van der Waals surface area contributed by atoms with E-state index in [0.29, 0.717) is 17.6 Å². The molecule has 186 valence electrons. The smallest absolute Gasteiger partial charge is 0.843 e. The standard InChI is InChI=1S/C23H27O10S.Na/c1-6-22(4)16(13-7-9-14(10-8-13)34(5,27)28)20(30-12(2)3)23(33-22)29-11-15(32-23)19-17(24)18(25)21(26)31-19;/h7-10,12,15,17,19H,6,11H2,1-5H3;/q-1;+1/t15-,17?,19+,22-,23?;/m0./s1. The molecule has 3 aliphatic rings. The van der Waals surface area contributed by atoms with Crippen molar-refractivity contribution in [1.29, 1.82) is 0 Å². The number of carbonyl (C=O) groups is 2. The molecular weight excluding hydrogens is 491 g/mol. The summed E-state index contributed by atoms with van der Waals surface area (Å²) in [5, 5.41) is 12.3. The van der Waals surface area contributed by atoms with E-state index in [0.717, 1.165) is 6.26 Å². The molecular formula is C23H27NaO10S. The van der Waals surface area contributed by atoms with Crippen molar-refractivity contribution >= 4 is 27.2 Å². The minimum atomic E-state index is -3.39. The number of sulfone groups is 1. The molecule has 0 bridgehead atoms. The molecule has 1 aromatic rings. The van der Waals surface area contributed by atoms with Gasteiger partial charge in [-0.15, -0.1) is 0 Å². The number of hydrogen-bond donors (Lipinski definition) is 0. The molecule has 0 radical (unpaired) electrons. The van der Waals surface area contributed by atoms with Gasteiger partial charge in [-0.1, -0.05) is 19.1 Å². The molecule has 4 rings (SSSR count). The van der Waals surface area contributed by atoms with E-state index in [1.54, 1.807) is 12.1 Å². The molecule has 2 unspecified atom stereocenters. The molecule has 1 spiro atoms. The third-order valence-corrected chi connectivity index (χ3v) is 7.23. The summed E-state index contributed by atoms with van der Waals surface area (Å²) >= 11 is 0. The predicted octanol–water partition coefficient (Wildman–Crippen LogP) is -2.28. The van der Waals surface area contributed by atoms with E-state index in [1.165, 1.54) is 12.1 Å². The van der Waals surface area contributed by atoms with Crippen LogP contribution in [0.1, 0.15) is 39.7 Å². The van der Waals surface area contributed by atoms with Crippen LogP contribution in [0.25, 0.3) is 5.57 Å². The van der Waals surface area contributed by atoms with Crippen LogP contribution in [-0.4, -0.2) is 69.0 Å². The molecule has 2 fully saturated rings. The van der Waals surface area contributed by atoms with Crippen molar-refractivity contribution in [2.24, 2.45) is 0 Å². The summed E-state index contributed by atoms with van der Waals surface area (Å²) in [6.07, 6.45) is -3.03. The first-order valence-corrected chi connectivity index (χ1v) is 12.9. The fourth-order valence-corrected chi connectivity index (χ4v) is 4.91. The number of cyclic esters (lactones) is 1. The maximum Gasteiger partial charge on any atom is 1.00 e. The average molecular weight is 519 g/mol. The van der Waals surface area contributed by atoms with Crippen molar-refractivity contribution in [3.05, 3.63) is 35.6 Å². The van der Waals surface area contributed by atoms with Gasteiger partial charge in [0.25, 0.3) is 0 Å². The van der Waals surface area contributed by atoms with Crippen molar-refractivity contribution in [3.8, 4) is 0 Å². The number of Topliss-reactive ketones (excluding diaryl/α,β-unsaturated/α-hetero) is 1. The van der Waals surface area contributed by atoms with Crippen LogP contribution < -0.4 is 34.7 Å². The van der Waals surface area contributed by atoms with Gasteiger partial charge in [0.1, 0.15) is 17.8 Å². The van der Waals surface area contributed by atoms with Crippen LogP contribution in [0.3, 0.4) is 0 Å². The van der Waals surface area contributed by atoms with Crippen molar-refractivity contribution in [2.75, 3.05) is 12.9 Å². The van der Waals surface area contributed by atoms with Crippen molar-refractivity contribution in [1.82, 2.24) is 0 Å². The minimum absolute atomic E-state index is 0. The fourth-order valence-electron chi connectivity index (χ4n) is 4.28. The molecule has 0 aliphatic carbocycles. The topological polar surface area (TPSA) is 137 Å². The second-order valence-corrected chi connectivity index (χ2v) is 11.0. The zero-order chi connectivity index (χ0) is 25.1. The molecule has 35 heavy (non-hydrogen) atoms. The van der Waals surface area contributed by atoms with Crippen molar-refractivity contribution in [2.45, 2.75) is 75.0 Å². The van der Waals surface area contributed by atoms with Crippen LogP contribution >= 0.6 is 0 Å². The SMILES string of the molecule is CC[C@]1(C)OC2(OC[C@@H]([C@H]3OC(=O)C(=O)C3[O-])O2)C(OC(C)C)=C1c1ccc(S(C)(=O)=O)cc1.[Na+]. The number of hydrogen-bond acceptors (Lipinski definition) is 10. The van der Waals surface area contributed by atoms with Gasteiger partial charge in [0.2, 0.25) is 5.78 Å². The van der Waals surface area contributed by atoms with E-state index in [9.17, 15) is 23.1 Å². The van der Waals surface area contributed by atoms with E-state index in [-0.39, 0.29) is 52.9 Å². The van der Waals surface area contributed by atoms with E-state index in [4.69, 9.17) is 23.7 Å². The Bertz CT molecular complexity index is 1150. The first-order valence-electron chi connectivity index (χ1n) is 11.0. The van der Waals surface area contributed by atoms with Gasteiger partial charge in [-0.25, -0.2) is 13.2 Å². The number of rotatable bonds is 6. The van der Waals surface area contributed by atoms with E-state index < -0.39 is 51.5 Å². The normalized spacial score (nSPS) is 32.9. The summed E-state index contributed by atoms with van der Waals surface area (Å²) < 4.78 is 53.2. The molecule has 3 aliphatic heterocycles. The largest absolute Gasteiger partial charge is 1.00 e. The van der Waals surface area contributed by atoms with Crippen LogP contribution in [0.4, 0.5) is 0 Å². The summed E-state index contributed by atoms with van der Waals surface area (Å²) in [5.41, 5.74) is 0.275. The third-order valence-electron chi connectivity index (χ3n) is 6.10. The summed E-state index contributed by atoms with van der Waals surface area (Å²) in [7, 11) is -3.39. The zero-order valence-electron chi connectivity index (χ0n) is 20.5. The maximum absolute atomic E-state index is 12.3. The minimum Gasteiger partial charge on any atom is -0.843 e. The molecule has 5 atom stereocenters. The van der Waals surface area contributed by atoms with Gasteiger partial charge in [0, 0.05) is 11.8 Å². The summed E-state index contributed by atoms with van der Waals surface area (Å²) in [4.78, 5) is 23.4. The van der Waals surface area contributed by atoms with Gasteiger partial charge in [0.15, 0.2) is 15.6 Å². The van der Waals surface area contributed by atoms with Gasteiger partial charge in [0.05, 0.1) is 17.6 Å². The van der Waals surface area contributed by atoms with E-state index in [2.05, 4.69) is 0 Å². The zero-order valence-corrected chi connectivity index (χ0v) is 23.3. The second-order valence-electron chi connectivity index (χ2n) is 9.03. The maximum atomic E-state index is 12.3. The Hall–Kier alpha value is -1.31. The number of ether oxygens (including phenoxy) is 5. The molecule has 0 amide bonds.